The summed E-state index contributed by atoms with van der Waals surface area (Å²) >= 11 is 0. The maximum absolute atomic E-state index is 11.5. The van der Waals surface area contributed by atoms with Crippen molar-refractivity contribution in [1.29, 1.82) is 0 Å². The molecule has 0 heterocycles. The van der Waals surface area contributed by atoms with Crippen LogP contribution < -0.4 is 0 Å². The van der Waals surface area contributed by atoms with Crippen LogP contribution in [-0.2, 0) is 18.3 Å². The summed E-state index contributed by atoms with van der Waals surface area (Å²) in [7, 11) is 0. The molecule has 0 saturated heterocycles. The van der Waals surface area contributed by atoms with Crippen molar-refractivity contribution >= 4 is 0 Å². The fourth-order valence-electron chi connectivity index (χ4n) is 4.13. The minimum absolute atomic E-state index is 0.156. The van der Waals surface area contributed by atoms with E-state index in [0.717, 1.165) is 44.9 Å². The molecule has 2 aromatic carbocycles. The zero-order chi connectivity index (χ0) is 22.0. The van der Waals surface area contributed by atoms with Gasteiger partial charge in [0.1, 0.15) is 5.75 Å². The molecule has 2 N–H and O–H groups in total. The summed E-state index contributed by atoms with van der Waals surface area (Å²) in [6.45, 7) is 8.94. The normalized spacial score (nSPS) is 13.9. The largest absolute Gasteiger partial charge is 0.508 e. The molecule has 30 heavy (non-hydrogen) atoms. The third-order valence-corrected chi connectivity index (χ3v) is 6.14. The van der Waals surface area contributed by atoms with E-state index < -0.39 is 5.60 Å². The second kappa shape index (κ2) is 11.6. The first-order valence-corrected chi connectivity index (χ1v) is 11.8. The van der Waals surface area contributed by atoms with Gasteiger partial charge in [0.15, 0.2) is 0 Å². The van der Waals surface area contributed by atoms with E-state index in [-0.39, 0.29) is 5.41 Å². The molecule has 1 unspecified atom stereocenters. The van der Waals surface area contributed by atoms with Gasteiger partial charge in [-0.1, -0.05) is 96.2 Å². The summed E-state index contributed by atoms with van der Waals surface area (Å²) in [5.74, 6) is 0.317. The van der Waals surface area contributed by atoms with Crippen LogP contribution in [0.2, 0.25) is 0 Å². The molecule has 0 saturated carbocycles. The van der Waals surface area contributed by atoms with Crippen LogP contribution in [0.25, 0.3) is 0 Å². The molecule has 1 atom stereocenters. The predicted molar refractivity (Wildman–Crippen MR) is 128 cm³/mol. The molecule has 0 amide bonds. The molecule has 2 nitrogen and oxygen atoms in total. The summed E-state index contributed by atoms with van der Waals surface area (Å²) in [5.41, 5.74) is 3.36. The highest BCUT2D eigenvalue weighted by molar-refractivity contribution is 5.28. The molecule has 0 bridgehead atoms. The number of hydrogen-bond donors (Lipinski definition) is 2. The van der Waals surface area contributed by atoms with Gasteiger partial charge < -0.3 is 10.2 Å². The fourth-order valence-corrected chi connectivity index (χ4v) is 4.13. The molecule has 0 fully saturated rings. The van der Waals surface area contributed by atoms with Crippen molar-refractivity contribution in [2.45, 2.75) is 103 Å². The lowest BCUT2D eigenvalue weighted by atomic mass is 9.82. The number of aryl methyl sites for hydroxylation is 1. The van der Waals surface area contributed by atoms with Gasteiger partial charge in [-0.05, 0) is 59.9 Å². The van der Waals surface area contributed by atoms with Gasteiger partial charge in [-0.2, -0.15) is 0 Å². The molecule has 2 heteroatoms. The highest BCUT2D eigenvalue weighted by Gasteiger charge is 2.26. The second-order valence-corrected chi connectivity index (χ2v) is 10.0. The maximum Gasteiger partial charge on any atom is 0.115 e. The Hall–Kier alpha value is -1.80. The average Bonchev–Trinajstić information content (AvgIpc) is 2.70. The highest BCUT2D eigenvalue weighted by Crippen LogP contribution is 2.29. The Bertz CT molecular complexity index is 725. The Morgan fingerprint density at radius 1 is 0.700 bits per heavy atom. The topological polar surface area (TPSA) is 40.5 Å². The van der Waals surface area contributed by atoms with Gasteiger partial charge in [-0.3, -0.25) is 0 Å². The van der Waals surface area contributed by atoms with Gasteiger partial charge in [-0.15, -0.1) is 0 Å². The van der Waals surface area contributed by atoms with Crippen molar-refractivity contribution in [3.05, 3.63) is 65.2 Å². The van der Waals surface area contributed by atoms with Gasteiger partial charge >= 0.3 is 0 Å². The summed E-state index contributed by atoms with van der Waals surface area (Å²) in [4.78, 5) is 0. The van der Waals surface area contributed by atoms with Crippen LogP contribution in [0.4, 0.5) is 0 Å². The van der Waals surface area contributed by atoms with Crippen LogP contribution in [-0.4, -0.2) is 15.8 Å². The third kappa shape index (κ3) is 8.52. The number of hydrogen-bond acceptors (Lipinski definition) is 2. The van der Waals surface area contributed by atoms with Gasteiger partial charge in [0.05, 0.1) is 5.60 Å². The van der Waals surface area contributed by atoms with Crippen LogP contribution in [0.1, 0.15) is 95.8 Å². The van der Waals surface area contributed by atoms with E-state index in [2.05, 4.69) is 52.0 Å². The Kier molecular flexibility index (Phi) is 9.42. The smallest absolute Gasteiger partial charge is 0.115 e. The number of aromatic hydroxyl groups is 1. The molecule has 166 valence electrons. The Balaban J connectivity index is 1.94. The van der Waals surface area contributed by atoms with E-state index in [9.17, 15) is 10.2 Å². The molecular formula is C28H42O2. The number of phenols is 1. The SMILES string of the molecule is CCCCCCC(O)(CCCCc1ccc(O)cc1)Cc1ccc(C(C)(C)C)cc1. The van der Waals surface area contributed by atoms with Gasteiger partial charge in [-0.25, -0.2) is 0 Å². The lowest BCUT2D eigenvalue weighted by molar-refractivity contribution is 0.0181. The maximum atomic E-state index is 11.5. The lowest BCUT2D eigenvalue weighted by Gasteiger charge is -2.29. The third-order valence-electron chi connectivity index (χ3n) is 6.14. The fraction of sp³-hybridized carbons (Fsp3) is 0.571. The van der Waals surface area contributed by atoms with Crippen molar-refractivity contribution in [2.75, 3.05) is 0 Å². The molecule has 0 aliphatic carbocycles. The number of phenolic OH excluding ortho intramolecular Hbond substituents is 1. The molecular weight excluding hydrogens is 368 g/mol. The summed E-state index contributed by atoms with van der Waals surface area (Å²) in [6.07, 6.45) is 10.3. The average molecular weight is 411 g/mol. The number of unbranched alkanes of at least 4 members (excludes halogenated alkanes) is 4. The minimum atomic E-state index is -0.619. The van der Waals surface area contributed by atoms with E-state index in [1.807, 2.05) is 12.1 Å². The van der Waals surface area contributed by atoms with E-state index in [0.29, 0.717) is 5.75 Å². The zero-order valence-corrected chi connectivity index (χ0v) is 19.6. The van der Waals surface area contributed by atoms with Crippen molar-refractivity contribution in [3.8, 4) is 5.75 Å². The Morgan fingerprint density at radius 2 is 1.27 bits per heavy atom. The van der Waals surface area contributed by atoms with Crippen molar-refractivity contribution in [2.24, 2.45) is 0 Å². The standard InChI is InChI=1S/C28H42O2/c1-5-6-7-9-20-28(30,21-10-8-11-23-14-18-26(29)19-15-23)22-24-12-16-25(17-13-24)27(2,3)4/h12-19,29-30H,5-11,20-22H2,1-4H3. The van der Waals surface area contributed by atoms with Crippen LogP contribution in [0.3, 0.4) is 0 Å². The zero-order valence-electron chi connectivity index (χ0n) is 19.6. The quantitative estimate of drug-likeness (QED) is 0.359. The highest BCUT2D eigenvalue weighted by atomic mass is 16.3. The van der Waals surface area contributed by atoms with Crippen LogP contribution >= 0.6 is 0 Å². The Labute approximate surface area is 184 Å². The molecule has 0 aliphatic rings. The Morgan fingerprint density at radius 3 is 1.83 bits per heavy atom. The number of benzene rings is 2. The van der Waals surface area contributed by atoms with Crippen LogP contribution in [0, 0.1) is 0 Å². The molecule has 0 radical (unpaired) electrons. The lowest BCUT2D eigenvalue weighted by Crippen LogP contribution is -2.31. The second-order valence-electron chi connectivity index (χ2n) is 10.0. The van der Waals surface area contributed by atoms with Crippen molar-refractivity contribution in [1.82, 2.24) is 0 Å². The first-order chi connectivity index (χ1) is 14.2. The minimum Gasteiger partial charge on any atom is -0.508 e. The van der Waals surface area contributed by atoms with Gasteiger partial charge in [0.2, 0.25) is 0 Å². The summed E-state index contributed by atoms with van der Waals surface area (Å²) < 4.78 is 0. The van der Waals surface area contributed by atoms with E-state index in [4.69, 9.17) is 0 Å². The molecule has 2 rings (SSSR count). The first kappa shape index (κ1) is 24.5. The van der Waals surface area contributed by atoms with Crippen LogP contribution in [0.15, 0.2) is 48.5 Å². The van der Waals surface area contributed by atoms with Crippen molar-refractivity contribution in [3.63, 3.8) is 0 Å². The summed E-state index contributed by atoms with van der Waals surface area (Å²) in [6, 6.07) is 16.3. The first-order valence-electron chi connectivity index (χ1n) is 11.8. The number of aliphatic hydroxyl groups is 1. The van der Waals surface area contributed by atoms with E-state index >= 15 is 0 Å². The monoisotopic (exact) mass is 410 g/mol. The van der Waals surface area contributed by atoms with E-state index in [1.165, 1.54) is 36.0 Å². The number of rotatable bonds is 12. The predicted octanol–water partition coefficient (Wildman–Crippen LogP) is 7.35. The van der Waals surface area contributed by atoms with Crippen molar-refractivity contribution < 1.29 is 10.2 Å². The molecule has 0 aliphatic heterocycles. The summed E-state index contributed by atoms with van der Waals surface area (Å²) in [5, 5.41) is 20.9. The van der Waals surface area contributed by atoms with Gasteiger partial charge in [0, 0.05) is 6.42 Å². The van der Waals surface area contributed by atoms with E-state index in [1.54, 1.807) is 12.1 Å². The van der Waals surface area contributed by atoms with Crippen LogP contribution in [0.5, 0.6) is 5.75 Å². The van der Waals surface area contributed by atoms with Gasteiger partial charge in [0.25, 0.3) is 0 Å². The molecule has 0 aromatic heterocycles. The molecule has 2 aromatic rings. The molecule has 0 spiro atoms.